The molecule has 16 heavy (non-hydrogen) atoms. The fraction of sp³-hybridized carbons (Fsp3) is 0.769. The van der Waals surface area contributed by atoms with Crippen LogP contribution >= 0.6 is 0 Å². The molecule has 1 aliphatic carbocycles. The van der Waals surface area contributed by atoms with Gasteiger partial charge in [-0.3, -0.25) is 0 Å². The van der Waals surface area contributed by atoms with Crippen LogP contribution in [0.5, 0.6) is 0 Å². The van der Waals surface area contributed by atoms with Crippen LogP contribution in [0.2, 0.25) is 18.1 Å². The molecule has 0 spiro atoms. The van der Waals surface area contributed by atoms with E-state index in [0.717, 1.165) is 12.7 Å². The standard InChI is InChI=1S/C13H24O2Si/c1-13(2,3)16(4,5)15-12-7-6-11(10-12)8-9-14/h6-7,9,11-12H,8,10H2,1-5H3/t11-,12?/m1/s1. The van der Waals surface area contributed by atoms with E-state index >= 15 is 0 Å². The molecule has 1 rings (SSSR count). The molecule has 0 saturated carbocycles. The maximum absolute atomic E-state index is 10.4. The predicted molar refractivity (Wildman–Crippen MR) is 70.0 cm³/mol. The molecule has 0 fully saturated rings. The summed E-state index contributed by atoms with van der Waals surface area (Å²) in [5.74, 6) is 0.396. The van der Waals surface area contributed by atoms with Gasteiger partial charge in [-0.2, -0.15) is 0 Å². The molecule has 0 radical (unpaired) electrons. The molecule has 1 aliphatic rings. The van der Waals surface area contributed by atoms with Crippen LogP contribution < -0.4 is 0 Å². The summed E-state index contributed by atoms with van der Waals surface area (Å²) in [7, 11) is -1.66. The van der Waals surface area contributed by atoms with Gasteiger partial charge in [0.05, 0.1) is 6.10 Å². The van der Waals surface area contributed by atoms with Gasteiger partial charge >= 0.3 is 0 Å². The van der Waals surface area contributed by atoms with Crippen LogP contribution in [0.4, 0.5) is 0 Å². The van der Waals surface area contributed by atoms with E-state index in [4.69, 9.17) is 4.43 Å². The highest BCUT2D eigenvalue weighted by Gasteiger charge is 2.39. The second-order valence-electron chi connectivity index (χ2n) is 6.20. The number of hydrogen-bond acceptors (Lipinski definition) is 2. The largest absolute Gasteiger partial charge is 0.411 e. The van der Waals surface area contributed by atoms with Crippen molar-refractivity contribution in [3.8, 4) is 0 Å². The number of hydrogen-bond donors (Lipinski definition) is 0. The molecule has 0 amide bonds. The van der Waals surface area contributed by atoms with Crippen molar-refractivity contribution in [3.63, 3.8) is 0 Å². The fourth-order valence-electron chi connectivity index (χ4n) is 1.68. The predicted octanol–water partition coefficient (Wildman–Crippen LogP) is 3.54. The Morgan fingerprint density at radius 1 is 1.38 bits per heavy atom. The molecule has 3 heteroatoms. The third kappa shape index (κ3) is 3.29. The number of carbonyl (C=O) groups excluding carboxylic acids is 1. The lowest BCUT2D eigenvalue weighted by molar-refractivity contribution is -0.108. The van der Waals surface area contributed by atoms with Crippen molar-refractivity contribution in [2.75, 3.05) is 0 Å². The van der Waals surface area contributed by atoms with Crippen molar-refractivity contribution < 1.29 is 9.22 Å². The Kier molecular flexibility index (Phi) is 4.13. The molecule has 2 atom stereocenters. The number of carbonyl (C=O) groups is 1. The van der Waals surface area contributed by atoms with E-state index in [1.807, 2.05) is 0 Å². The molecule has 0 saturated heterocycles. The Hall–Kier alpha value is -0.413. The highest BCUT2D eigenvalue weighted by atomic mass is 28.4. The van der Waals surface area contributed by atoms with Crippen molar-refractivity contribution in [3.05, 3.63) is 12.2 Å². The van der Waals surface area contributed by atoms with E-state index in [1.165, 1.54) is 0 Å². The van der Waals surface area contributed by atoms with Gasteiger partial charge < -0.3 is 9.22 Å². The Morgan fingerprint density at radius 3 is 2.50 bits per heavy atom. The normalized spacial score (nSPS) is 26.1. The monoisotopic (exact) mass is 240 g/mol. The lowest BCUT2D eigenvalue weighted by Crippen LogP contribution is -2.43. The molecule has 0 bridgehead atoms. The van der Waals surface area contributed by atoms with Gasteiger partial charge in [-0.05, 0) is 30.5 Å². The van der Waals surface area contributed by atoms with Gasteiger partial charge in [0.2, 0.25) is 0 Å². The average Bonchev–Trinajstić information content (AvgIpc) is 2.50. The zero-order chi connectivity index (χ0) is 12.4. The van der Waals surface area contributed by atoms with E-state index in [-0.39, 0.29) is 11.1 Å². The summed E-state index contributed by atoms with van der Waals surface area (Å²) in [5, 5.41) is 0.254. The van der Waals surface area contributed by atoms with Crippen molar-refractivity contribution in [1.82, 2.24) is 0 Å². The zero-order valence-corrected chi connectivity index (χ0v) is 12.1. The molecule has 0 aromatic rings. The van der Waals surface area contributed by atoms with Gasteiger partial charge in [-0.1, -0.05) is 32.9 Å². The van der Waals surface area contributed by atoms with Crippen LogP contribution in [0.25, 0.3) is 0 Å². The van der Waals surface area contributed by atoms with E-state index in [1.54, 1.807) is 0 Å². The summed E-state index contributed by atoms with van der Waals surface area (Å²) in [4.78, 5) is 10.4. The molecule has 0 aromatic heterocycles. The van der Waals surface area contributed by atoms with Gasteiger partial charge in [0, 0.05) is 6.42 Å². The minimum absolute atomic E-state index is 0.228. The van der Waals surface area contributed by atoms with Crippen LogP contribution in [-0.4, -0.2) is 20.7 Å². The van der Waals surface area contributed by atoms with Crippen molar-refractivity contribution >= 4 is 14.6 Å². The molecular weight excluding hydrogens is 216 g/mol. The number of allylic oxidation sites excluding steroid dienone is 1. The highest BCUT2D eigenvalue weighted by molar-refractivity contribution is 6.74. The summed E-state index contributed by atoms with van der Waals surface area (Å²) >= 11 is 0. The molecule has 2 nitrogen and oxygen atoms in total. The highest BCUT2D eigenvalue weighted by Crippen LogP contribution is 2.39. The van der Waals surface area contributed by atoms with Gasteiger partial charge in [-0.15, -0.1) is 0 Å². The van der Waals surface area contributed by atoms with Gasteiger partial charge in [0.1, 0.15) is 6.29 Å². The van der Waals surface area contributed by atoms with Crippen molar-refractivity contribution in [2.24, 2.45) is 5.92 Å². The first kappa shape index (κ1) is 13.7. The zero-order valence-electron chi connectivity index (χ0n) is 11.1. The van der Waals surface area contributed by atoms with Gasteiger partial charge in [0.25, 0.3) is 0 Å². The lowest BCUT2D eigenvalue weighted by Gasteiger charge is -2.38. The van der Waals surface area contributed by atoms with E-state index in [9.17, 15) is 4.79 Å². The molecule has 0 aliphatic heterocycles. The molecule has 0 N–H and O–H groups in total. The molecular formula is C13H24O2Si. The van der Waals surface area contributed by atoms with E-state index in [2.05, 4.69) is 46.0 Å². The first-order valence-electron chi connectivity index (χ1n) is 6.06. The van der Waals surface area contributed by atoms with E-state index in [0.29, 0.717) is 12.3 Å². The number of aldehydes is 1. The third-order valence-corrected chi connectivity index (χ3v) is 8.29. The van der Waals surface area contributed by atoms with Gasteiger partial charge in [-0.25, -0.2) is 0 Å². The Morgan fingerprint density at radius 2 is 2.00 bits per heavy atom. The summed E-state index contributed by atoms with van der Waals surface area (Å²) in [6, 6.07) is 0. The van der Waals surface area contributed by atoms with Crippen LogP contribution in [-0.2, 0) is 9.22 Å². The average molecular weight is 240 g/mol. The topological polar surface area (TPSA) is 26.3 Å². The summed E-state index contributed by atoms with van der Waals surface area (Å²) in [6.07, 6.45) is 7.11. The maximum Gasteiger partial charge on any atom is 0.192 e. The first-order chi connectivity index (χ1) is 7.26. The van der Waals surface area contributed by atoms with Crippen molar-refractivity contribution in [1.29, 1.82) is 0 Å². The summed E-state index contributed by atoms with van der Waals surface area (Å²) < 4.78 is 6.28. The fourth-order valence-corrected chi connectivity index (χ4v) is 2.96. The molecule has 0 aromatic carbocycles. The Balaban J connectivity index is 2.52. The maximum atomic E-state index is 10.4. The smallest absolute Gasteiger partial charge is 0.192 e. The van der Waals surface area contributed by atoms with Crippen LogP contribution in [0, 0.1) is 5.92 Å². The van der Waals surface area contributed by atoms with E-state index < -0.39 is 8.32 Å². The van der Waals surface area contributed by atoms with Gasteiger partial charge in [0.15, 0.2) is 8.32 Å². The molecule has 92 valence electrons. The molecule has 0 heterocycles. The molecule has 1 unspecified atom stereocenters. The summed E-state index contributed by atoms with van der Waals surface area (Å²) in [6.45, 7) is 11.3. The number of rotatable bonds is 4. The van der Waals surface area contributed by atoms with Crippen LogP contribution in [0.15, 0.2) is 12.2 Å². The quantitative estimate of drug-likeness (QED) is 0.427. The lowest BCUT2D eigenvalue weighted by atomic mass is 10.1. The summed E-state index contributed by atoms with van der Waals surface area (Å²) in [5.41, 5.74) is 0. The van der Waals surface area contributed by atoms with Crippen LogP contribution in [0.1, 0.15) is 33.6 Å². The second-order valence-corrected chi connectivity index (χ2v) is 11.0. The second kappa shape index (κ2) is 4.84. The minimum atomic E-state index is -1.66. The Bertz CT molecular complexity index is 276. The first-order valence-corrected chi connectivity index (χ1v) is 8.97. The van der Waals surface area contributed by atoms with Crippen molar-refractivity contribution in [2.45, 2.75) is 57.8 Å². The minimum Gasteiger partial charge on any atom is -0.411 e. The van der Waals surface area contributed by atoms with Crippen LogP contribution in [0.3, 0.4) is 0 Å². The SMILES string of the molecule is CC(C)(C)[Si](C)(C)OC1C=C[C@H](CC=O)C1. The third-order valence-electron chi connectivity index (χ3n) is 3.78. The Labute approximate surface area is 100 Å².